The van der Waals surface area contributed by atoms with Crippen molar-refractivity contribution in [2.75, 3.05) is 0 Å². The van der Waals surface area contributed by atoms with Crippen LogP contribution in [0.25, 0.3) is 0 Å². The summed E-state index contributed by atoms with van der Waals surface area (Å²) in [6.45, 7) is 2.09. The van der Waals surface area contributed by atoms with Crippen molar-refractivity contribution in [3.8, 4) is 0 Å². The van der Waals surface area contributed by atoms with Gasteiger partial charge in [0.1, 0.15) is 0 Å². The molecule has 2 nitrogen and oxygen atoms in total. The average molecular weight is 142 g/mol. The summed E-state index contributed by atoms with van der Waals surface area (Å²) in [5, 5.41) is 9.39. The Morgan fingerprint density at radius 3 is 2.90 bits per heavy atom. The third-order valence-corrected chi connectivity index (χ3v) is 2.70. The molecule has 2 fully saturated rings. The second-order valence-corrected chi connectivity index (χ2v) is 3.55. The van der Waals surface area contributed by atoms with Crippen LogP contribution in [0, 0.1) is 5.92 Å². The second-order valence-electron chi connectivity index (χ2n) is 3.55. The molecule has 4 atom stereocenters. The highest BCUT2D eigenvalue weighted by Gasteiger charge is 2.42. The molecule has 2 heteroatoms. The lowest BCUT2D eigenvalue weighted by Gasteiger charge is -2.12. The maximum atomic E-state index is 9.39. The quantitative estimate of drug-likeness (QED) is 0.545. The van der Waals surface area contributed by atoms with E-state index in [1.165, 1.54) is 0 Å². The number of aliphatic hydroxyl groups is 1. The lowest BCUT2D eigenvalue weighted by molar-refractivity contribution is -0.0217. The third-order valence-electron chi connectivity index (χ3n) is 2.70. The zero-order valence-electron chi connectivity index (χ0n) is 6.29. The number of rotatable bonds is 0. The zero-order valence-corrected chi connectivity index (χ0v) is 6.29. The lowest BCUT2D eigenvalue weighted by Crippen LogP contribution is -2.23. The zero-order chi connectivity index (χ0) is 7.14. The van der Waals surface area contributed by atoms with E-state index in [1.54, 1.807) is 0 Å². The van der Waals surface area contributed by atoms with Gasteiger partial charge in [0.25, 0.3) is 0 Å². The van der Waals surface area contributed by atoms with E-state index in [1.807, 2.05) is 0 Å². The molecule has 0 aromatic rings. The lowest BCUT2D eigenvalue weighted by atomic mass is 10.0. The van der Waals surface area contributed by atoms with Crippen molar-refractivity contribution in [3.05, 3.63) is 0 Å². The van der Waals surface area contributed by atoms with E-state index >= 15 is 0 Å². The molecular weight excluding hydrogens is 128 g/mol. The van der Waals surface area contributed by atoms with Crippen molar-refractivity contribution in [1.82, 2.24) is 0 Å². The monoisotopic (exact) mass is 142 g/mol. The molecule has 1 heterocycles. The molecule has 0 aromatic carbocycles. The van der Waals surface area contributed by atoms with E-state index in [0.717, 1.165) is 19.3 Å². The third kappa shape index (κ3) is 0.867. The summed E-state index contributed by atoms with van der Waals surface area (Å²) in [7, 11) is 0. The van der Waals surface area contributed by atoms with E-state index in [9.17, 15) is 5.11 Å². The fraction of sp³-hybridized carbons (Fsp3) is 1.00. The van der Waals surface area contributed by atoms with Crippen LogP contribution >= 0.6 is 0 Å². The van der Waals surface area contributed by atoms with Crippen LogP contribution in [0.1, 0.15) is 26.2 Å². The topological polar surface area (TPSA) is 29.5 Å². The number of hydrogen-bond acceptors (Lipinski definition) is 2. The molecule has 10 heavy (non-hydrogen) atoms. The number of ether oxygens (including phenoxy) is 1. The fourth-order valence-electron chi connectivity index (χ4n) is 2.23. The standard InChI is InChI=1S/C8H14O2/c1-5-4-6-2-3-7(9)8(6)10-5/h5-9H,2-4H2,1H3/t5-,6?,7-,8+/m1/s1. The van der Waals surface area contributed by atoms with Crippen molar-refractivity contribution < 1.29 is 9.84 Å². The number of fused-ring (bicyclic) bond motifs is 1. The average Bonchev–Trinajstić information content (AvgIpc) is 2.35. The first-order chi connectivity index (χ1) is 4.77. The van der Waals surface area contributed by atoms with Crippen LogP contribution in [0.4, 0.5) is 0 Å². The molecule has 1 unspecified atom stereocenters. The van der Waals surface area contributed by atoms with Gasteiger partial charge in [0.15, 0.2) is 0 Å². The van der Waals surface area contributed by atoms with E-state index in [2.05, 4.69) is 6.92 Å². The largest absolute Gasteiger partial charge is 0.390 e. The Bertz CT molecular complexity index is 135. The molecule has 0 amide bonds. The summed E-state index contributed by atoms with van der Waals surface area (Å²) in [4.78, 5) is 0. The van der Waals surface area contributed by atoms with E-state index in [4.69, 9.17) is 4.74 Å². The van der Waals surface area contributed by atoms with E-state index < -0.39 is 0 Å². The second kappa shape index (κ2) is 2.21. The van der Waals surface area contributed by atoms with E-state index in [0.29, 0.717) is 12.0 Å². The molecule has 58 valence electrons. The molecular formula is C8H14O2. The van der Waals surface area contributed by atoms with Crippen LogP contribution in [0.5, 0.6) is 0 Å². The Kier molecular flexibility index (Phi) is 1.46. The van der Waals surface area contributed by atoms with Gasteiger partial charge in [0.2, 0.25) is 0 Å². The SMILES string of the molecule is C[C@@H]1CC2CC[C@@H](O)[C@H]2O1. The van der Waals surface area contributed by atoms with Crippen LogP contribution in [-0.2, 0) is 4.74 Å². The highest BCUT2D eigenvalue weighted by atomic mass is 16.5. The summed E-state index contributed by atoms with van der Waals surface area (Å²) in [5.74, 6) is 0.657. The molecule has 1 N–H and O–H groups in total. The predicted molar refractivity (Wildman–Crippen MR) is 37.7 cm³/mol. The Morgan fingerprint density at radius 1 is 1.40 bits per heavy atom. The Morgan fingerprint density at radius 2 is 2.20 bits per heavy atom. The summed E-state index contributed by atoms with van der Waals surface area (Å²) in [6, 6.07) is 0. The normalized spacial score (nSPS) is 53.4. The Balaban J connectivity index is 2.05. The highest BCUT2D eigenvalue weighted by molar-refractivity contribution is 4.91. The Hall–Kier alpha value is -0.0800. The smallest absolute Gasteiger partial charge is 0.0866 e. The van der Waals surface area contributed by atoms with Crippen LogP contribution in [0.2, 0.25) is 0 Å². The first kappa shape index (κ1) is 6.62. The maximum absolute atomic E-state index is 9.39. The minimum absolute atomic E-state index is 0.171. The first-order valence-corrected chi connectivity index (χ1v) is 4.11. The van der Waals surface area contributed by atoms with Crippen molar-refractivity contribution in [3.63, 3.8) is 0 Å². The molecule has 1 saturated heterocycles. The van der Waals surface area contributed by atoms with Crippen molar-refractivity contribution in [2.45, 2.75) is 44.5 Å². The van der Waals surface area contributed by atoms with Gasteiger partial charge in [-0.15, -0.1) is 0 Å². The van der Waals surface area contributed by atoms with Crippen LogP contribution in [0.3, 0.4) is 0 Å². The highest BCUT2D eigenvalue weighted by Crippen LogP contribution is 2.38. The molecule has 0 spiro atoms. The number of hydrogen-bond donors (Lipinski definition) is 1. The van der Waals surface area contributed by atoms with Crippen molar-refractivity contribution in [2.24, 2.45) is 5.92 Å². The van der Waals surface area contributed by atoms with Crippen molar-refractivity contribution >= 4 is 0 Å². The molecule has 2 aliphatic rings. The molecule has 1 aliphatic heterocycles. The van der Waals surface area contributed by atoms with Crippen molar-refractivity contribution in [1.29, 1.82) is 0 Å². The van der Waals surface area contributed by atoms with Crippen LogP contribution < -0.4 is 0 Å². The molecule has 1 saturated carbocycles. The van der Waals surface area contributed by atoms with Gasteiger partial charge >= 0.3 is 0 Å². The summed E-state index contributed by atoms with van der Waals surface area (Å²) in [5.41, 5.74) is 0. The van der Waals surface area contributed by atoms with Gasteiger partial charge in [-0.25, -0.2) is 0 Å². The Labute approximate surface area is 61.2 Å². The van der Waals surface area contributed by atoms with Crippen LogP contribution in [-0.4, -0.2) is 23.4 Å². The fourth-order valence-corrected chi connectivity index (χ4v) is 2.23. The maximum Gasteiger partial charge on any atom is 0.0866 e. The van der Waals surface area contributed by atoms with E-state index in [-0.39, 0.29) is 12.2 Å². The molecule has 2 rings (SSSR count). The first-order valence-electron chi connectivity index (χ1n) is 4.11. The number of aliphatic hydroxyl groups excluding tert-OH is 1. The van der Waals surface area contributed by atoms with Gasteiger partial charge in [0, 0.05) is 0 Å². The van der Waals surface area contributed by atoms with Gasteiger partial charge in [-0.3, -0.25) is 0 Å². The predicted octanol–water partition coefficient (Wildman–Crippen LogP) is 0.935. The summed E-state index contributed by atoms with van der Waals surface area (Å²) >= 11 is 0. The molecule has 0 aromatic heterocycles. The van der Waals surface area contributed by atoms with Gasteiger partial charge in [-0.2, -0.15) is 0 Å². The molecule has 1 aliphatic carbocycles. The molecule has 0 bridgehead atoms. The van der Waals surface area contributed by atoms with Gasteiger partial charge in [0.05, 0.1) is 18.3 Å². The minimum Gasteiger partial charge on any atom is -0.390 e. The molecule has 0 radical (unpaired) electrons. The van der Waals surface area contributed by atoms with Gasteiger partial charge in [-0.1, -0.05) is 0 Å². The summed E-state index contributed by atoms with van der Waals surface area (Å²) < 4.78 is 5.55. The summed E-state index contributed by atoms with van der Waals surface area (Å²) in [6.07, 6.45) is 3.65. The van der Waals surface area contributed by atoms with Gasteiger partial charge < -0.3 is 9.84 Å². The van der Waals surface area contributed by atoms with Crippen LogP contribution in [0.15, 0.2) is 0 Å². The van der Waals surface area contributed by atoms with Gasteiger partial charge in [-0.05, 0) is 32.1 Å². The minimum atomic E-state index is -0.171.